The molecule has 0 aromatic rings. The van der Waals surface area contributed by atoms with Crippen LogP contribution in [0.5, 0.6) is 0 Å². The first-order valence-corrected chi connectivity index (χ1v) is 7.64. The maximum atomic E-state index is 3.69. The summed E-state index contributed by atoms with van der Waals surface area (Å²) in [5, 5.41) is 3.69. The van der Waals surface area contributed by atoms with Gasteiger partial charge in [0.1, 0.15) is 0 Å². The molecule has 0 aromatic heterocycles. The van der Waals surface area contributed by atoms with E-state index in [0.29, 0.717) is 5.41 Å². The lowest BCUT2D eigenvalue weighted by Gasteiger charge is -2.37. The molecule has 1 aliphatic heterocycles. The number of nitrogens with zero attached hydrogens (tertiary/aromatic N) is 1. The summed E-state index contributed by atoms with van der Waals surface area (Å²) < 4.78 is 0. The summed E-state index contributed by atoms with van der Waals surface area (Å²) >= 11 is 0. The molecular formula is C16H34N2. The Labute approximate surface area is 115 Å². The predicted octanol–water partition coefficient (Wildman–Crippen LogP) is 3.52. The second-order valence-corrected chi connectivity index (χ2v) is 7.89. The van der Waals surface area contributed by atoms with E-state index in [1.807, 2.05) is 0 Å². The molecule has 1 fully saturated rings. The average Bonchev–Trinajstić information content (AvgIpc) is 2.54. The summed E-state index contributed by atoms with van der Waals surface area (Å²) in [5.74, 6) is 0.872. The highest BCUT2D eigenvalue weighted by Crippen LogP contribution is 2.29. The molecule has 2 heteroatoms. The van der Waals surface area contributed by atoms with E-state index in [-0.39, 0.29) is 5.54 Å². The fraction of sp³-hybridized carbons (Fsp3) is 1.00. The smallest absolute Gasteiger partial charge is 0.00967 e. The molecule has 0 bridgehead atoms. The summed E-state index contributed by atoms with van der Waals surface area (Å²) in [5.41, 5.74) is 0.617. The van der Waals surface area contributed by atoms with Crippen LogP contribution in [0.25, 0.3) is 0 Å². The molecule has 0 aromatic carbocycles. The van der Waals surface area contributed by atoms with Crippen LogP contribution in [-0.2, 0) is 0 Å². The molecule has 1 aliphatic rings. The van der Waals surface area contributed by atoms with E-state index < -0.39 is 0 Å². The van der Waals surface area contributed by atoms with Gasteiger partial charge in [-0.2, -0.15) is 0 Å². The molecule has 1 saturated heterocycles. The Morgan fingerprint density at radius 3 is 2.17 bits per heavy atom. The maximum absolute atomic E-state index is 3.69. The van der Waals surface area contributed by atoms with Gasteiger partial charge in [-0.05, 0) is 51.9 Å². The minimum atomic E-state index is 0.223. The van der Waals surface area contributed by atoms with Crippen LogP contribution >= 0.6 is 0 Å². The van der Waals surface area contributed by atoms with E-state index in [0.717, 1.165) is 18.5 Å². The molecule has 1 N–H and O–H groups in total. The third-order valence-electron chi connectivity index (χ3n) is 4.40. The van der Waals surface area contributed by atoms with Gasteiger partial charge in [0.2, 0.25) is 0 Å². The Balaban J connectivity index is 2.54. The van der Waals surface area contributed by atoms with Crippen LogP contribution < -0.4 is 5.32 Å². The largest absolute Gasteiger partial charge is 0.311 e. The topological polar surface area (TPSA) is 15.3 Å². The molecule has 1 rings (SSSR count). The molecule has 18 heavy (non-hydrogen) atoms. The van der Waals surface area contributed by atoms with Gasteiger partial charge in [-0.15, -0.1) is 0 Å². The lowest BCUT2D eigenvalue weighted by Crippen LogP contribution is -2.48. The Morgan fingerprint density at radius 1 is 1.17 bits per heavy atom. The Hall–Kier alpha value is -0.0800. The molecular weight excluding hydrogens is 220 g/mol. The average molecular weight is 254 g/mol. The van der Waals surface area contributed by atoms with Crippen LogP contribution in [0.1, 0.15) is 61.3 Å². The lowest BCUT2D eigenvalue weighted by atomic mass is 9.85. The summed E-state index contributed by atoms with van der Waals surface area (Å²) in [6.45, 7) is 19.9. The van der Waals surface area contributed by atoms with Crippen molar-refractivity contribution >= 4 is 0 Å². The third-order valence-corrected chi connectivity index (χ3v) is 4.40. The number of hydrogen-bond acceptors (Lipinski definition) is 2. The van der Waals surface area contributed by atoms with Gasteiger partial charge < -0.3 is 5.32 Å². The highest BCUT2D eigenvalue weighted by molar-refractivity contribution is 4.88. The van der Waals surface area contributed by atoms with E-state index in [4.69, 9.17) is 0 Å². The molecule has 0 radical (unpaired) electrons. The predicted molar refractivity (Wildman–Crippen MR) is 81.0 cm³/mol. The number of hydrogen-bond donors (Lipinski definition) is 1. The molecule has 108 valence electrons. The standard InChI is InChI=1S/C16H34N2/c1-8-16(7,11-17-15(4,5)6)12-18-10-13(2)9-14(18)3/h13-14,17H,8-12H2,1-7H3. The third kappa shape index (κ3) is 4.89. The second kappa shape index (κ2) is 5.92. The Kier molecular flexibility index (Phi) is 5.25. The molecule has 0 spiro atoms. The van der Waals surface area contributed by atoms with Gasteiger partial charge in [0, 0.05) is 31.2 Å². The quantitative estimate of drug-likeness (QED) is 0.807. The first-order chi connectivity index (χ1) is 8.15. The van der Waals surface area contributed by atoms with Gasteiger partial charge in [-0.1, -0.05) is 20.8 Å². The molecule has 0 saturated carbocycles. The van der Waals surface area contributed by atoms with Crippen molar-refractivity contribution in [2.75, 3.05) is 19.6 Å². The summed E-state index contributed by atoms with van der Waals surface area (Å²) in [6.07, 6.45) is 2.61. The van der Waals surface area contributed by atoms with Gasteiger partial charge in [-0.3, -0.25) is 4.90 Å². The molecule has 2 nitrogen and oxygen atoms in total. The molecule has 0 amide bonds. The van der Waals surface area contributed by atoms with Crippen LogP contribution in [-0.4, -0.2) is 36.1 Å². The Bertz CT molecular complexity index is 256. The van der Waals surface area contributed by atoms with Gasteiger partial charge in [0.05, 0.1) is 0 Å². The fourth-order valence-corrected chi connectivity index (χ4v) is 2.87. The van der Waals surface area contributed by atoms with Crippen molar-refractivity contribution in [3.8, 4) is 0 Å². The van der Waals surface area contributed by atoms with Crippen molar-refractivity contribution < 1.29 is 0 Å². The van der Waals surface area contributed by atoms with Crippen molar-refractivity contribution in [2.45, 2.75) is 72.9 Å². The van der Waals surface area contributed by atoms with Crippen molar-refractivity contribution in [2.24, 2.45) is 11.3 Å². The van der Waals surface area contributed by atoms with Crippen LogP contribution in [0.2, 0.25) is 0 Å². The van der Waals surface area contributed by atoms with Crippen molar-refractivity contribution in [3.05, 3.63) is 0 Å². The Morgan fingerprint density at radius 2 is 1.78 bits per heavy atom. The minimum Gasteiger partial charge on any atom is -0.311 e. The van der Waals surface area contributed by atoms with E-state index in [9.17, 15) is 0 Å². The van der Waals surface area contributed by atoms with Crippen LogP contribution in [0.15, 0.2) is 0 Å². The number of likely N-dealkylation sites (tertiary alicyclic amines) is 1. The van der Waals surface area contributed by atoms with E-state index in [1.165, 1.54) is 25.9 Å². The zero-order valence-electron chi connectivity index (χ0n) is 13.6. The van der Waals surface area contributed by atoms with Gasteiger partial charge in [0.25, 0.3) is 0 Å². The normalized spacial score (nSPS) is 29.5. The molecule has 3 unspecified atom stereocenters. The van der Waals surface area contributed by atoms with Crippen LogP contribution in [0.3, 0.4) is 0 Å². The maximum Gasteiger partial charge on any atom is 0.00967 e. The SMILES string of the molecule is CCC(C)(CNC(C)(C)C)CN1CC(C)CC1C. The van der Waals surface area contributed by atoms with Crippen LogP contribution in [0.4, 0.5) is 0 Å². The van der Waals surface area contributed by atoms with E-state index >= 15 is 0 Å². The van der Waals surface area contributed by atoms with Gasteiger partial charge >= 0.3 is 0 Å². The monoisotopic (exact) mass is 254 g/mol. The zero-order chi connectivity index (χ0) is 14.0. The molecule has 3 atom stereocenters. The highest BCUT2D eigenvalue weighted by Gasteiger charge is 2.33. The van der Waals surface area contributed by atoms with Crippen molar-refractivity contribution in [1.82, 2.24) is 10.2 Å². The second-order valence-electron chi connectivity index (χ2n) is 7.89. The summed E-state index contributed by atoms with van der Waals surface area (Å²) in [4.78, 5) is 2.69. The van der Waals surface area contributed by atoms with Crippen molar-refractivity contribution in [3.63, 3.8) is 0 Å². The summed E-state index contributed by atoms with van der Waals surface area (Å²) in [6, 6.07) is 0.764. The molecule has 1 heterocycles. The highest BCUT2D eigenvalue weighted by atomic mass is 15.2. The first-order valence-electron chi connectivity index (χ1n) is 7.64. The van der Waals surface area contributed by atoms with Gasteiger partial charge in [-0.25, -0.2) is 0 Å². The lowest BCUT2D eigenvalue weighted by molar-refractivity contribution is 0.140. The van der Waals surface area contributed by atoms with Crippen molar-refractivity contribution in [1.29, 1.82) is 0 Å². The summed E-state index contributed by atoms with van der Waals surface area (Å²) in [7, 11) is 0. The minimum absolute atomic E-state index is 0.223. The van der Waals surface area contributed by atoms with Gasteiger partial charge in [0.15, 0.2) is 0 Å². The number of rotatable bonds is 5. The zero-order valence-corrected chi connectivity index (χ0v) is 13.6. The fourth-order valence-electron chi connectivity index (χ4n) is 2.87. The molecule has 0 aliphatic carbocycles. The van der Waals surface area contributed by atoms with E-state index in [2.05, 4.69) is 58.7 Å². The first kappa shape index (κ1) is 16.0. The van der Waals surface area contributed by atoms with E-state index in [1.54, 1.807) is 0 Å². The van der Waals surface area contributed by atoms with Crippen LogP contribution in [0, 0.1) is 11.3 Å². The number of nitrogens with one attached hydrogen (secondary N) is 1.